The fourth-order valence-electron chi connectivity index (χ4n) is 3.05. The number of benzene rings is 2. The Morgan fingerprint density at radius 1 is 1.07 bits per heavy atom. The second-order valence-corrected chi connectivity index (χ2v) is 8.62. The summed E-state index contributed by atoms with van der Waals surface area (Å²) in [4.78, 5) is 13.9. The van der Waals surface area contributed by atoms with Crippen LogP contribution in [0.25, 0.3) is 0 Å². The first-order valence-corrected chi connectivity index (χ1v) is 10.4. The van der Waals surface area contributed by atoms with E-state index >= 15 is 0 Å². The number of piperazine rings is 1. The third kappa shape index (κ3) is 4.50. The summed E-state index contributed by atoms with van der Waals surface area (Å²) >= 11 is 6.12. The lowest BCUT2D eigenvalue weighted by molar-refractivity contribution is 0.0600. The molecule has 0 N–H and O–H groups in total. The summed E-state index contributed by atoms with van der Waals surface area (Å²) in [5.41, 5.74) is 1.35. The van der Waals surface area contributed by atoms with Gasteiger partial charge in [0.15, 0.2) is 0 Å². The van der Waals surface area contributed by atoms with Gasteiger partial charge in [-0.05, 0) is 23.8 Å². The van der Waals surface area contributed by atoms with Crippen molar-refractivity contribution in [3.8, 4) is 0 Å². The van der Waals surface area contributed by atoms with E-state index < -0.39 is 16.0 Å². The molecule has 1 saturated heterocycles. The van der Waals surface area contributed by atoms with Gasteiger partial charge in [0.05, 0.1) is 17.7 Å². The van der Waals surface area contributed by atoms with Gasteiger partial charge in [0.1, 0.15) is 4.90 Å². The Hall–Kier alpha value is -1.93. The SMILES string of the molecule is COC(=O)c1ccc(Cl)c(S(=O)(=O)N2CCN(Cc3ccccc3)CC2)c1. The quantitative estimate of drug-likeness (QED) is 0.711. The third-order valence-corrected chi connectivity index (χ3v) is 6.93. The van der Waals surface area contributed by atoms with Crippen molar-refractivity contribution in [1.82, 2.24) is 9.21 Å². The molecule has 1 heterocycles. The van der Waals surface area contributed by atoms with Crippen molar-refractivity contribution in [2.45, 2.75) is 11.4 Å². The zero-order chi connectivity index (χ0) is 19.4. The fraction of sp³-hybridized carbons (Fsp3) is 0.316. The van der Waals surface area contributed by atoms with E-state index in [1.54, 1.807) is 0 Å². The minimum atomic E-state index is -3.79. The molecule has 3 rings (SSSR count). The van der Waals surface area contributed by atoms with Gasteiger partial charge >= 0.3 is 5.97 Å². The van der Waals surface area contributed by atoms with Gasteiger partial charge in [-0.15, -0.1) is 0 Å². The third-order valence-electron chi connectivity index (χ3n) is 4.55. The van der Waals surface area contributed by atoms with Crippen LogP contribution in [-0.4, -0.2) is 56.9 Å². The summed E-state index contributed by atoms with van der Waals surface area (Å²) in [6.45, 7) is 2.78. The van der Waals surface area contributed by atoms with Gasteiger partial charge in [0, 0.05) is 32.7 Å². The van der Waals surface area contributed by atoms with Gasteiger partial charge in [-0.1, -0.05) is 41.9 Å². The Morgan fingerprint density at radius 3 is 2.37 bits per heavy atom. The second kappa shape index (κ2) is 8.39. The number of sulfonamides is 1. The first kappa shape index (κ1) is 19.8. The number of carbonyl (C=O) groups is 1. The molecular formula is C19H21ClN2O4S. The van der Waals surface area contributed by atoms with E-state index in [0.717, 1.165) is 6.54 Å². The van der Waals surface area contributed by atoms with Crippen molar-refractivity contribution < 1.29 is 17.9 Å². The molecule has 1 aliphatic heterocycles. The number of methoxy groups -OCH3 is 1. The molecule has 0 saturated carbocycles. The maximum absolute atomic E-state index is 13.0. The lowest BCUT2D eigenvalue weighted by Crippen LogP contribution is -2.48. The lowest BCUT2D eigenvalue weighted by atomic mass is 10.2. The van der Waals surface area contributed by atoms with Crippen LogP contribution in [0.2, 0.25) is 5.02 Å². The summed E-state index contributed by atoms with van der Waals surface area (Å²) < 4.78 is 32.1. The number of halogens is 1. The molecule has 0 unspecified atom stereocenters. The average molecular weight is 409 g/mol. The van der Waals surface area contributed by atoms with E-state index in [1.807, 2.05) is 18.2 Å². The molecular weight excluding hydrogens is 388 g/mol. The van der Waals surface area contributed by atoms with E-state index in [-0.39, 0.29) is 15.5 Å². The zero-order valence-electron chi connectivity index (χ0n) is 15.0. The molecule has 8 heteroatoms. The fourth-order valence-corrected chi connectivity index (χ4v) is 4.98. The lowest BCUT2D eigenvalue weighted by Gasteiger charge is -2.34. The van der Waals surface area contributed by atoms with Crippen LogP contribution in [0.3, 0.4) is 0 Å². The summed E-state index contributed by atoms with van der Waals surface area (Å²) in [5, 5.41) is 0.0920. The molecule has 2 aromatic rings. The molecule has 6 nitrogen and oxygen atoms in total. The number of nitrogens with zero attached hydrogens (tertiary/aromatic N) is 2. The largest absolute Gasteiger partial charge is 0.465 e. The number of ether oxygens (including phenoxy) is 1. The highest BCUT2D eigenvalue weighted by molar-refractivity contribution is 7.89. The molecule has 0 aromatic heterocycles. The van der Waals surface area contributed by atoms with Crippen LogP contribution in [0.4, 0.5) is 0 Å². The maximum Gasteiger partial charge on any atom is 0.337 e. The van der Waals surface area contributed by atoms with Crippen LogP contribution in [0.5, 0.6) is 0 Å². The van der Waals surface area contributed by atoms with Gasteiger partial charge in [-0.2, -0.15) is 4.31 Å². The summed E-state index contributed by atoms with van der Waals surface area (Å²) in [6, 6.07) is 14.2. The number of esters is 1. The van der Waals surface area contributed by atoms with Gasteiger partial charge in [-0.3, -0.25) is 4.90 Å². The van der Waals surface area contributed by atoms with Crippen molar-refractivity contribution in [3.05, 3.63) is 64.7 Å². The Morgan fingerprint density at radius 2 is 1.74 bits per heavy atom. The van der Waals surface area contributed by atoms with Crippen LogP contribution in [0, 0.1) is 0 Å². The molecule has 0 bridgehead atoms. The van der Waals surface area contributed by atoms with Gasteiger partial charge in [0.25, 0.3) is 0 Å². The normalized spacial score (nSPS) is 16.2. The molecule has 1 aliphatic rings. The van der Waals surface area contributed by atoms with Crippen molar-refractivity contribution >= 4 is 27.6 Å². The van der Waals surface area contributed by atoms with E-state index in [4.69, 9.17) is 11.6 Å². The minimum absolute atomic E-state index is 0.0661. The van der Waals surface area contributed by atoms with E-state index in [2.05, 4.69) is 21.8 Å². The van der Waals surface area contributed by atoms with Crippen LogP contribution in [0.1, 0.15) is 15.9 Å². The van der Waals surface area contributed by atoms with Crippen LogP contribution in [0.15, 0.2) is 53.4 Å². The predicted molar refractivity (Wildman–Crippen MR) is 103 cm³/mol. The molecule has 2 aromatic carbocycles. The molecule has 0 spiro atoms. The Balaban J connectivity index is 1.72. The minimum Gasteiger partial charge on any atom is -0.465 e. The molecule has 1 fully saturated rings. The highest BCUT2D eigenvalue weighted by Gasteiger charge is 2.30. The Bertz CT molecular complexity index is 911. The first-order chi connectivity index (χ1) is 12.9. The molecule has 0 atom stereocenters. The second-order valence-electron chi connectivity index (χ2n) is 6.30. The number of carbonyl (C=O) groups excluding carboxylic acids is 1. The Labute approximate surface area is 164 Å². The highest BCUT2D eigenvalue weighted by Crippen LogP contribution is 2.27. The van der Waals surface area contributed by atoms with Gasteiger partial charge in [-0.25, -0.2) is 13.2 Å². The molecule has 144 valence electrons. The molecule has 0 radical (unpaired) electrons. The van der Waals surface area contributed by atoms with E-state index in [9.17, 15) is 13.2 Å². The standard InChI is InChI=1S/C19H21ClN2O4S/c1-26-19(23)16-7-8-17(20)18(13-16)27(24,25)22-11-9-21(10-12-22)14-15-5-3-2-4-6-15/h2-8,13H,9-12,14H2,1H3. The van der Waals surface area contributed by atoms with Crippen molar-refractivity contribution in [3.63, 3.8) is 0 Å². The van der Waals surface area contributed by atoms with Crippen molar-refractivity contribution in [1.29, 1.82) is 0 Å². The van der Waals surface area contributed by atoms with Crippen molar-refractivity contribution in [2.75, 3.05) is 33.3 Å². The summed E-state index contributed by atoms with van der Waals surface area (Å²) in [6.07, 6.45) is 0. The smallest absolute Gasteiger partial charge is 0.337 e. The summed E-state index contributed by atoms with van der Waals surface area (Å²) in [5.74, 6) is -0.601. The average Bonchev–Trinajstić information content (AvgIpc) is 2.69. The van der Waals surface area contributed by atoms with Gasteiger partial charge < -0.3 is 4.74 Å². The predicted octanol–water partition coefficient (Wildman–Crippen LogP) is 2.63. The number of hydrogen-bond donors (Lipinski definition) is 0. The molecule has 0 amide bonds. The molecule has 27 heavy (non-hydrogen) atoms. The topological polar surface area (TPSA) is 66.9 Å². The Kier molecular flexibility index (Phi) is 6.16. The van der Waals surface area contributed by atoms with E-state index in [0.29, 0.717) is 26.2 Å². The summed E-state index contributed by atoms with van der Waals surface area (Å²) in [7, 11) is -2.54. The number of hydrogen-bond acceptors (Lipinski definition) is 5. The van der Waals surface area contributed by atoms with Crippen LogP contribution >= 0.6 is 11.6 Å². The highest BCUT2D eigenvalue weighted by atomic mass is 35.5. The van der Waals surface area contributed by atoms with Crippen molar-refractivity contribution in [2.24, 2.45) is 0 Å². The van der Waals surface area contributed by atoms with Crippen LogP contribution in [-0.2, 0) is 21.3 Å². The monoisotopic (exact) mass is 408 g/mol. The maximum atomic E-state index is 13.0. The van der Waals surface area contributed by atoms with Crippen LogP contribution < -0.4 is 0 Å². The first-order valence-electron chi connectivity index (χ1n) is 8.56. The number of rotatable bonds is 5. The zero-order valence-corrected chi connectivity index (χ0v) is 16.5. The molecule has 0 aliphatic carbocycles. The van der Waals surface area contributed by atoms with Gasteiger partial charge in [0.2, 0.25) is 10.0 Å². The van der Waals surface area contributed by atoms with E-state index in [1.165, 1.54) is 35.2 Å².